The second kappa shape index (κ2) is 7.80. The van der Waals surface area contributed by atoms with Crippen LogP contribution in [0.5, 0.6) is 0 Å². The van der Waals surface area contributed by atoms with Crippen LogP contribution in [0.2, 0.25) is 0 Å². The lowest BCUT2D eigenvalue weighted by atomic mass is 9.97. The molecule has 158 valence electrons. The van der Waals surface area contributed by atoms with Crippen LogP contribution in [-0.2, 0) is 17.6 Å². The van der Waals surface area contributed by atoms with Crippen molar-refractivity contribution in [2.75, 3.05) is 6.54 Å². The summed E-state index contributed by atoms with van der Waals surface area (Å²) < 4.78 is 15.6. The van der Waals surface area contributed by atoms with Crippen LogP contribution in [-0.4, -0.2) is 32.9 Å². The minimum absolute atomic E-state index is 0.122. The largest absolute Gasteiger partial charge is 0.335 e. The van der Waals surface area contributed by atoms with Crippen LogP contribution in [0.15, 0.2) is 54.5 Å². The van der Waals surface area contributed by atoms with Gasteiger partial charge < -0.3 is 9.47 Å². The van der Waals surface area contributed by atoms with E-state index in [-0.39, 0.29) is 17.8 Å². The van der Waals surface area contributed by atoms with E-state index in [1.54, 1.807) is 6.07 Å². The Morgan fingerprint density at radius 1 is 1.10 bits per heavy atom. The summed E-state index contributed by atoms with van der Waals surface area (Å²) in [7, 11) is 0. The molecule has 1 fully saturated rings. The maximum Gasteiger partial charge on any atom is 0.250 e. The molecule has 5 heteroatoms. The summed E-state index contributed by atoms with van der Waals surface area (Å²) in [6.07, 6.45) is 9.18. The van der Waals surface area contributed by atoms with E-state index in [1.807, 2.05) is 41.1 Å². The second-order valence-electron chi connectivity index (χ2n) is 8.72. The number of fused-ring (bicyclic) bond motifs is 1. The molecule has 2 aromatic carbocycles. The number of carbonyl (C=O) groups excluding carboxylic acids is 1. The third-order valence-corrected chi connectivity index (χ3v) is 6.45. The molecule has 0 bridgehead atoms. The van der Waals surface area contributed by atoms with E-state index in [2.05, 4.69) is 30.1 Å². The molecule has 0 radical (unpaired) electrons. The molecule has 0 spiro atoms. The van der Waals surface area contributed by atoms with Gasteiger partial charge in [-0.05, 0) is 92.1 Å². The Labute approximate surface area is 182 Å². The first-order chi connectivity index (χ1) is 15.0. The summed E-state index contributed by atoms with van der Waals surface area (Å²) in [6, 6.07) is 11.4. The number of likely N-dealkylation sites (tertiary alicyclic amines) is 1. The monoisotopic (exact) mass is 415 g/mol. The quantitative estimate of drug-likeness (QED) is 0.576. The highest BCUT2D eigenvalue weighted by atomic mass is 19.1. The zero-order chi connectivity index (χ0) is 21.5. The Balaban J connectivity index is 1.36. The third kappa shape index (κ3) is 3.80. The first kappa shape index (κ1) is 19.7. The van der Waals surface area contributed by atoms with E-state index >= 15 is 0 Å². The number of halogens is 1. The molecule has 1 aromatic heterocycles. The van der Waals surface area contributed by atoms with Crippen molar-refractivity contribution in [3.8, 4) is 5.69 Å². The minimum Gasteiger partial charge on any atom is -0.335 e. The number of hydrogen-bond acceptors (Lipinski definition) is 2. The normalized spacial score (nSPS) is 19.8. The molecule has 0 unspecified atom stereocenters. The highest BCUT2D eigenvalue weighted by Gasteiger charge is 2.33. The maximum absolute atomic E-state index is 13.6. The molecule has 1 aliphatic carbocycles. The van der Waals surface area contributed by atoms with Crippen LogP contribution in [0, 0.1) is 19.7 Å². The second-order valence-corrected chi connectivity index (χ2v) is 8.72. The van der Waals surface area contributed by atoms with Gasteiger partial charge in [0, 0.05) is 30.0 Å². The molecule has 3 aromatic rings. The van der Waals surface area contributed by atoms with Crippen molar-refractivity contribution in [1.82, 2.24) is 14.5 Å². The number of hydrogen-bond donors (Lipinski definition) is 0. The molecule has 0 saturated carbocycles. The maximum atomic E-state index is 13.6. The van der Waals surface area contributed by atoms with Crippen molar-refractivity contribution in [3.05, 3.63) is 88.3 Å². The Bertz CT molecular complexity index is 1190. The van der Waals surface area contributed by atoms with Crippen molar-refractivity contribution >= 4 is 12.0 Å². The summed E-state index contributed by atoms with van der Waals surface area (Å²) in [6.45, 7) is 4.83. The first-order valence-electron chi connectivity index (χ1n) is 10.9. The van der Waals surface area contributed by atoms with Crippen LogP contribution >= 0.6 is 0 Å². The Morgan fingerprint density at radius 3 is 2.71 bits per heavy atom. The molecular weight excluding hydrogens is 389 g/mol. The summed E-state index contributed by atoms with van der Waals surface area (Å²) >= 11 is 0. The van der Waals surface area contributed by atoms with E-state index < -0.39 is 0 Å². The van der Waals surface area contributed by atoms with E-state index in [0.29, 0.717) is 0 Å². The van der Waals surface area contributed by atoms with Crippen LogP contribution < -0.4 is 0 Å². The van der Waals surface area contributed by atoms with Crippen LogP contribution in [0.3, 0.4) is 0 Å². The lowest BCUT2D eigenvalue weighted by Crippen LogP contribution is -2.44. The van der Waals surface area contributed by atoms with E-state index in [1.165, 1.54) is 6.07 Å². The molecule has 1 amide bonds. The van der Waals surface area contributed by atoms with Gasteiger partial charge in [0.2, 0.25) is 5.91 Å². The minimum atomic E-state index is -0.199. The molecule has 2 heterocycles. The lowest BCUT2D eigenvalue weighted by molar-refractivity contribution is -0.130. The molecule has 0 N–H and O–H groups in total. The van der Waals surface area contributed by atoms with Gasteiger partial charge in [-0.1, -0.05) is 12.1 Å². The van der Waals surface area contributed by atoms with Gasteiger partial charge in [0.05, 0.1) is 12.0 Å². The average molecular weight is 416 g/mol. The number of imidazole rings is 1. The van der Waals surface area contributed by atoms with Gasteiger partial charge in [-0.2, -0.15) is 0 Å². The number of amides is 1. The van der Waals surface area contributed by atoms with Gasteiger partial charge in [-0.25, -0.2) is 9.37 Å². The molecule has 1 aliphatic heterocycles. The summed E-state index contributed by atoms with van der Waals surface area (Å²) in [4.78, 5) is 19.6. The number of rotatable bonds is 3. The SMILES string of the molecule is Cc1cn(-c2ccc(/C=C3\CCCN([C@H]4Cc5ccc(F)cc5C4)C3=O)cc2C)cn1. The topological polar surface area (TPSA) is 38.1 Å². The van der Waals surface area contributed by atoms with Gasteiger partial charge in [0.15, 0.2) is 0 Å². The molecule has 31 heavy (non-hydrogen) atoms. The van der Waals surface area contributed by atoms with Gasteiger partial charge in [-0.15, -0.1) is 0 Å². The Hall–Kier alpha value is -3.21. The molecule has 2 aliphatic rings. The predicted octanol–water partition coefficient (Wildman–Crippen LogP) is 4.80. The summed E-state index contributed by atoms with van der Waals surface area (Å²) in [5.41, 5.74) is 7.32. The fraction of sp³-hybridized carbons (Fsp3) is 0.308. The zero-order valence-corrected chi connectivity index (χ0v) is 17.9. The van der Waals surface area contributed by atoms with Crippen LogP contribution in [0.1, 0.15) is 40.8 Å². The van der Waals surface area contributed by atoms with E-state index in [4.69, 9.17) is 0 Å². The molecule has 5 rings (SSSR count). The van der Waals surface area contributed by atoms with Gasteiger partial charge in [-0.3, -0.25) is 4.79 Å². The number of nitrogens with zero attached hydrogens (tertiary/aromatic N) is 3. The van der Waals surface area contributed by atoms with Crippen molar-refractivity contribution in [1.29, 1.82) is 0 Å². The summed E-state index contributed by atoms with van der Waals surface area (Å²) in [5, 5.41) is 0. The number of aryl methyl sites for hydroxylation is 2. The first-order valence-corrected chi connectivity index (χ1v) is 10.9. The number of aromatic nitrogens is 2. The fourth-order valence-electron chi connectivity index (χ4n) is 4.91. The molecule has 1 saturated heterocycles. The highest BCUT2D eigenvalue weighted by molar-refractivity contribution is 5.98. The Kier molecular flexibility index (Phi) is 4.97. The Morgan fingerprint density at radius 2 is 1.94 bits per heavy atom. The van der Waals surface area contributed by atoms with Gasteiger partial charge >= 0.3 is 0 Å². The average Bonchev–Trinajstić information content (AvgIpc) is 3.35. The third-order valence-electron chi connectivity index (χ3n) is 6.45. The predicted molar refractivity (Wildman–Crippen MR) is 120 cm³/mol. The fourth-order valence-corrected chi connectivity index (χ4v) is 4.91. The van der Waals surface area contributed by atoms with Gasteiger partial charge in [0.1, 0.15) is 5.82 Å². The molecule has 4 nitrogen and oxygen atoms in total. The zero-order valence-electron chi connectivity index (χ0n) is 17.9. The standard InChI is InChI=1S/C26H26FN3O/c1-17-10-19(5-8-25(17)29-15-18(2)28-16-29)11-21-4-3-9-30(26(21)31)24-13-20-6-7-23(27)12-22(20)14-24/h5-8,10-12,15-16,24H,3-4,9,13-14H2,1-2H3/b21-11+/t24-/m0/s1. The van der Waals surface area contributed by atoms with Crippen LogP contribution in [0.25, 0.3) is 11.8 Å². The number of piperidine rings is 1. The van der Waals surface area contributed by atoms with Gasteiger partial charge in [0.25, 0.3) is 0 Å². The van der Waals surface area contributed by atoms with Crippen molar-refractivity contribution < 1.29 is 9.18 Å². The van der Waals surface area contributed by atoms with Crippen molar-refractivity contribution in [3.63, 3.8) is 0 Å². The number of benzene rings is 2. The van der Waals surface area contributed by atoms with Crippen LogP contribution in [0.4, 0.5) is 4.39 Å². The van der Waals surface area contributed by atoms with Crippen molar-refractivity contribution in [2.45, 2.75) is 45.6 Å². The molecular formula is C26H26FN3O. The summed E-state index contributed by atoms with van der Waals surface area (Å²) in [5.74, 6) is -0.0777. The van der Waals surface area contributed by atoms with E-state index in [0.717, 1.165) is 71.4 Å². The van der Waals surface area contributed by atoms with E-state index in [9.17, 15) is 9.18 Å². The smallest absolute Gasteiger partial charge is 0.250 e. The van der Waals surface area contributed by atoms with Crippen molar-refractivity contribution in [2.24, 2.45) is 0 Å². The lowest BCUT2D eigenvalue weighted by Gasteiger charge is -2.33. The molecule has 1 atom stereocenters. The number of carbonyl (C=O) groups is 1. The highest BCUT2D eigenvalue weighted by Crippen LogP contribution is 2.30.